The fourth-order valence-electron chi connectivity index (χ4n) is 1.78. The monoisotopic (exact) mass is 308 g/mol. The first-order valence-corrected chi connectivity index (χ1v) is 9.08. The van der Waals surface area contributed by atoms with Crippen LogP contribution in [0.1, 0.15) is 5.56 Å². The predicted octanol–water partition coefficient (Wildman–Crippen LogP) is 4.08. The first kappa shape index (κ1) is 15.7. The predicted molar refractivity (Wildman–Crippen MR) is 89.4 cm³/mol. The Morgan fingerprint density at radius 2 is 1.75 bits per heavy atom. The molecule has 0 unspecified atom stereocenters. The smallest absolute Gasteiger partial charge is 0.177 e. The molecule has 1 aromatic rings. The second-order valence-electron chi connectivity index (χ2n) is 4.41. The molecule has 0 atom stereocenters. The topological polar surface area (TPSA) is 18.5 Å². The minimum atomic E-state index is -0.207. The van der Waals surface area contributed by atoms with E-state index in [9.17, 15) is 0 Å². The maximum Gasteiger partial charge on any atom is 0.177 e. The Labute approximate surface area is 129 Å². The lowest BCUT2D eigenvalue weighted by Gasteiger charge is -2.26. The van der Waals surface area contributed by atoms with Crippen LogP contribution in [-0.2, 0) is 9.47 Å². The highest BCUT2D eigenvalue weighted by molar-refractivity contribution is 7.99. The largest absolute Gasteiger partial charge is 0.348 e. The summed E-state index contributed by atoms with van der Waals surface area (Å²) in [6.07, 6.45) is 12.0. The molecular weight excluding hydrogens is 288 g/mol. The minimum Gasteiger partial charge on any atom is -0.348 e. The van der Waals surface area contributed by atoms with Crippen LogP contribution in [0.4, 0.5) is 0 Å². The van der Waals surface area contributed by atoms with E-state index in [2.05, 4.69) is 42.9 Å². The van der Waals surface area contributed by atoms with Gasteiger partial charge in [-0.3, -0.25) is 0 Å². The van der Waals surface area contributed by atoms with Crippen LogP contribution in [-0.4, -0.2) is 37.3 Å². The zero-order valence-corrected chi connectivity index (χ0v) is 13.5. The number of benzene rings is 1. The zero-order chi connectivity index (χ0) is 14.2. The van der Waals surface area contributed by atoms with Gasteiger partial charge in [0.05, 0.1) is 18.5 Å². The summed E-state index contributed by atoms with van der Waals surface area (Å²) in [6, 6.07) is 8.49. The molecular formula is C16H20O2S2. The SMILES string of the molecule is CSc1ccc(/C=C/C=C/C2OCC(SC)CO2)cc1. The van der Waals surface area contributed by atoms with Crippen molar-refractivity contribution in [1.29, 1.82) is 0 Å². The number of thioether (sulfide) groups is 2. The molecule has 1 fully saturated rings. The quantitative estimate of drug-likeness (QED) is 0.602. The summed E-state index contributed by atoms with van der Waals surface area (Å²) in [4.78, 5) is 1.28. The molecule has 1 heterocycles. The molecule has 2 nitrogen and oxygen atoms in total. The zero-order valence-electron chi connectivity index (χ0n) is 11.8. The molecule has 1 saturated heterocycles. The fourth-order valence-corrected chi connectivity index (χ4v) is 2.62. The van der Waals surface area contributed by atoms with Crippen molar-refractivity contribution in [3.05, 3.63) is 48.1 Å². The van der Waals surface area contributed by atoms with E-state index in [1.807, 2.05) is 18.2 Å². The molecule has 20 heavy (non-hydrogen) atoms. The van der Waals surface area contributed by atoms with Crippen molar-refractivity contribution >= 4 is 29.6 Å². The van der Waals surface area contributed by atoms with E-state index in [1.54, 1.807) is 23.5 Å². The van der Waals surface area contributed by atoms with E-state index in [4.69, 9.17) is 9.47 Å². The van der Waals surface area contributed by atoms with E-state index < -0.39 is 0 Å². The number of hydrogen-bond acceptors (Lipinski definition) is 4. The standard InChI is InChI=1S/C16H20O2S2/c1-19-14-9-7-13(8-10-14)5-3-4-6-16-17-11-15(20-2)12-18-16/h3-10,15-16H,11-12H2,1-2H3/b5-3+,6-4+. The lowest BCUT2D eigenvalue weighted by Crippen LogP contribution is -2.32. The van der Waals surface area contributed by atoms with E-state index in [1.165, 1.54) is 10.5 Å². The number of rotatable bonds is 5. The van der Waals surface area contributed by atoms with Crippen LogP contribution in [0.2, 0.25) is 0 Å². The summed E-state index contributed by atoms with van der Waals surface area (Å²) in [6.45, 7) is 1.52. The van der Waals surface area contributed by atoms with Crippen LogP contribution >= 0.6 is 23.5 Å². The Morgan fingerprint density at radius 3 is 2.35 bits per heavy atom. The summed E-state index contributed by atoms with van der Waals surface area (Å²) in [5.74, 6) is 0. The molecule has 0 aromatic heterocycles. The summed E-state index contributed by atoms with van der Waals surface area (Å²) in [5, 5.41) is 0.463. The van der Waals surface area contributed by atoms with Crippen molar-refractivity contribution in [3.8, 4) is 0 Å². The summed E-state index contributed by atoms with van der Waals surface area (Å²) >= 11 is 3.54. The average molecular weight is 308 g/mol. The van der Waals surface area contributed by atoms with Crippen molar-refractivity contribution in [3.63, 3.8) is 0 Å². The lowest BCUT2D eigenvalue weighted by atomic mass is 10.2. The van der Waals surface area contributed by atoms with Gasteiger partial charge in [-0.25, -0.2) is 0 Å². The molecule has 0 amide bonds. The van der Waals surface area contributed by atoms with Gasteiger partial charge in [0.15, 0.2) is 6.29 Å². The molecule has 0 N–H and O–H groups in total. The molecule has 0 aliphatic carbocycles. The van der Waals surface area contributed by atoms with Gasteiger partial charge in [-0.05, 0) is 36.3 Å². The summed E-state index contributed by atoms with van der Waals surface area (Å²) < 4.78 is 11.2. The van der Waals surface area contributed by atoms with E-state index in [0.29, 0.717) is 5.25 Å². The Balaban J connectivity index is 1.79. The molecule has 1 aromatic carbocycles. The highest BCUT2D eigenvalue weighted by Crippen LogP contribution is 2.17. The first-order valence-electron chi connectivity index (χ1n) is 6.56. The first-order chi connectivity index (χ1) is 9.81. The van der Waals surface area contributed by atoms with Gasteiger partial charge in [0.1, 0.15) is 0 Å². The second kappa shape index (κ2) is 8.57. The van der Waals surface area contributed by atoms with Gasteiger partial charge >= 0.3 is 0 Å². The number of allylic oxidation sites excluding steroid dienone is 2. The van der Waals surface area contributed by atoms with Gasteiger partial charge in [0, 0.05) is 4.90 Å². The second-order valence-corrected chi connectivity index (χ2v) is 6.43. The summed E-state index contributed by atoms with van der Waals surface area (Å²) in [7, 11) is 0. The van der Waals surface area contributed by atoms with Crippen LogP contribution in [0.25, 0.3) is 6.08 Å². The Hall–Kier alpha value is -0.680. The van der Waals surface area contributed by atoms with Crippen LogP contribution in [0.15, 0.2) is 47.4 Å². The maximum atomic E-state index is 5.60. The fraction of sp³-hybridized carbons (Fsp3) is 0.375. The number of hydrogen-bond donors (Lipinski definition) is 0. The molecule has 0 bridgehead atoms. The highest BCUT2D eigenvalue weighted by Gasteiger charge is 2.18. The van der Waals surface area contributed by atoms with Crippen molar-refractivity contribution in [2.24, 2.45) is 0 Å². The summed E-state index contributed by atoms with van der Waals surface area (Å²) in [5.41, 5.74) is 1.19. The molecule has 4 heteroatoms. The molecule has 0 spiro atoms. The number of ether oxygens (including phenoxy) is 2. The van der Waals surface area contributed by atoms with Gasteiger partial charge < -0.3 is 9.47 Å². The van der Waals surface area contributed by atoms with Gasteiger partial charge in [0.2, 0.25) is 0 Å². The Kier molecular flexibility index (Phi) is 6.73. The molecule has 0 radical (unpaired) electrons. The van der Waals surface area contributed by atoms with E-state index >= 15 is 0 Å². The Bertz CT molecular complexity index is 446. The van der Waals surface area contributed by atoms with Crippen molar-refractivity contribution in [1.82, 2.24) is 0 Å². The van der Waals surface area contributed by atoms with Crippen molar-refractivity contribution in [2.45, 2.75) is 16.4 Å². The normalized spacial score (nSPS) is 23.7. The van der Waals surface area contributed by atoms with E-state index in [0.717, 1.165) is 13.2 Å². The van der Waals surface area contributed by atoms with Gasteiger partial charge in [-0.2, -0.15) is 11.8 Å². The minimum absolute atomic E-state index is 0.207. The third-order valence-corrected chi connectivity index (χ3v) is 4.69. The maximum absolute atomic E-state index is 5.60. The highest BCUT2D eigenvalue weighted by atomic mass is 32.2. The molecule has 0 saturated carbocycles. The Morgan fingerprint density at radius 1 is 1.05 bits per heavy atom. The molecule has 1 aliphatic rings. The van der Waals surface area contributed by atoms with Crippen LogP contribution in [0, 0.1) is 0 Å². The van der Waals surface area contributed by atoms with Gasteiger partial charge in [0.25, 0.3) is 0 Å². The molecule has 108 valence electrons. The van der Waals surface area contributed by atoms with Gasteiger partial charge in [-0.15, -0.1) is 11.8 Å². The molecule has 2 rings (SSSR count). The molecule has 1 aliphatic heterocycles. The third-order valence-electron chi connectivity index (χ3n) is 3.01. The third kappa shape index (κ3) is 5.02. The van der Waals surface area contributed by atoms with Crippen LogP contribution in [0.3, 0.4) is 0 Å². The van der Waals surface area contributed by atoms with Crippen LogP contribution < -0.4 is 0 Å². The van der Waals surface area contributed by atoms with Crippen LogP contribution in [0.5, 0.6) is 0 Å². The van der Waals surface area contributed by atoms with Crippen molar-refractivity contribution < 1.29 is 9.47 Å². The van der Waals surface area contributed by atoms with Gasteiger partial charge in [-0.1, -0.05) is 30.4 Å². The average Bonchev–Trinajstić information content (AvgIpc) is 2.53. The lowest BCUT2D eigenvalue weighted by molar-refractivity contribution is -0.146. The van der Waals surface area contributed by atoms with E-state index in [-0.39, 0.29) is 6.29 Å². The van der Waals surface area contributed by atoms with Crippen molar-refractivity contribution in [2.75, 3.05) is 25.7 Å².